The van der Waals surface area contributed by atoms with E-state index < -0.39 is 5.82 Å². The number of aryl methyl sites for hydroxylation is 1. The largest absolute Gasteiger partial charge is 0.325 e. The average Bonchev–Trinajstić information content (AvgIpc) is 2.59. The number of anilines is 1. The number of amides is 2. The van der Waals surface area contributed by atoms with Crippen molar-refractivity contribution in [1.29, 1.82) is 0 Å². The molecule has 1 fully saturated rings. The molecular weight excluding hydrogens is 343 g/mol. The number of carbonyl (C=O) groups is 2. The van der Waals surface area contributed by atoms with E-state index in [1.807, 2.05) is 38.1 Å². The highest BCUT2D eigenvalue weighted by Crippen LogP contribution is 2.23. The van der Waals surface area contributed by atoms with Crippen molar-refractivity contribution >= 4 is 29.1 Å². The molecule has 0 aliphatic carbocycles. The molecule has 0 bridgehead atoms. The van der Waals surface area contributed by atoms with Gasteiger partial charge in [-0.05, 0) is 44.2 Å². The molecule has 0 radical (unpaired) electrons. The summed E-state index contributed by atoms with van der Waals surface area (Å²) in [6.07, 6.45) is 0. The van der Waals surface area contributed by atoms with Crippen LogP contribution >= 0.6 is 11.6 Å². The van der Waals surface area contributed by atoms with E-state index in [1.165, 1.54) is 17.0 Å². The van der Waals surface area contributed by atoms with Crippen molar-refractivity contribution in [3.05, 3.63) is 64.4 Å². The lowest BCUT2D eigenvalue weighted by atomic mass is 10.1. The highest BCUT2D eigenvalue weighted by atomic mass is 35.5. The van der Waals surface area contributed by atoms with Gasteiger partial charge in [0.15, 0.2) is 0 Å². The number of carbonyl (C=O) groups excluding carboxylic acids is 2. The number of hydrogen-bond acceptors (Lipinski definition) is 2. The normalized spacial score (nSPS) is 17.8. The second kappa shape index (κ2) is 6.84. The van der Waals surface area contributed by atoms with Gasteiger partial charge in [0.2, 0.25) is 5.91 Å². The number of halogens is 2. The van der Waals surface area contributed by atoms with E-state index in [-0.39, 0.29) is 35.0 Å². The molecule has 2 aromatic rings. The first-order valence-corrected chi connectivity index (χ1v) is 8.37. The Kier molecular flexibility index (Phi) is 4.77. The van der Waals surface area contributed by atoms with Crippen molar-refractivity contribution in [2.75, 3.05) is 18.0 Å². The molecule has 130 valence electrons. The Hall–Kier alpha value is -2.40. The van der Waals surface area contributed by atoms with Gasteiger partial charge in [-0.25, -0.2) is 4.39 Å². The molecule has 0 aromatic heterocycles. The average molecular weight is 361 g/mol. The molecule has 0 spiro atoms. The summed E-state index contributed by atoms with van der Waals surface area (Å²) in [7, 11) is 0. The topological polar surface area (TPSA) is 40.6 Å². The lowest BCUT2D eigenvalue weighted by Crippen LogP contribution is -2.57. The minimum atomic E-state index is -0.648. The van der Waals surface area contributed by atoms with E-state index in [2.05, 4.69) is 0 Å². The van der Waals surface area contributed by atoms with Crippen molar-refractivity contribution in [1.82, 2.24) is 4.90 Å². The molecule has 6 heteroatoms. The van der Waals surface area contributed by atoms with Crippen LogP contribution < -0.4 is 4.90 Å². The Morgan fingerprint density at radius 3 is 2.52 bits per heavy atom. The first kappa shape index (κ1) is 17.4. The second-order valence-electron chi connectivity index (χ2n) is 6.25. The molecule has 2 aromatic carbocycles. The van der Waals surface area contributed by atoms with Crippen molar-refractivity contribution in [2.24, 2.45) is 0 Å². The predicted molar refractivity (Wildman–Crippen MR) is 95.4 cm³/mol. The van der Waals surface area contributed by atoms with Gasteiger partial charge >= 0.3 is 0 Å². The fourth-order valence-corrected chi connectivity index (χ4v) is 3.01. The minimum absolute atomic E-state index is 0.0372. The third kappa shape index (κ3) is 3.51. The number of piperazine rings is 1. The van der Waals surface area contributed by atoms with Crippen LogP contribution in [0.15, 0.2) is 42.5 Å². The van der Waals surface area contributed by atoms with E-state index in [1.54, 1.807) is 4.90 Å². The molecule has 3 rings (SSSR count). The van der Waals surface area contributed by atoms with Gasteiger partial charge in [-0.1, -0.05) is 29.3 Å². The molecule has 0 unspecified atom stereocenters. The van der Waals surface area contributed by atoms with Crippen molar-refractivity contribution < 1.29 is 14.0 Å². The smallest absolute Gasteiger partial charge is 0.254 e. The zero-order chi connectivity index (χ0) is 18.1. The molecule has 1 heterocycles. The Bertz CT molecular complexity index is 823. The van der Waals surface area contributed by atoms with Crippen molar-refractivity contribution in [3.8, 4) is 0 Å². The quantitative estimate of drug-likeness (QED) is 0.820. The zero-order valence-corrected chi connectivity index (χ0v) is 14.8. The van der Waals surface area contributed by atoms with Gasteiger partial charge in [0, 0.05) is 23.8 Å². The van der Waals surface area contributed by atoms with Crippen LogP contribution in [0.25, 0.3) is 0 Å². The summed E-state index contributed by atoms with van der Waals surface area (Å²) in [5, 5.41) is -0.0372. The molecule has 0 N–H and O–H groups in total. The van der Waals surface area contributed by atoms with Crippen LogP contribution in [0.5, 0.6) is 0 Å². The Labute approximate surface area is 150 Å². The predicted octanol–water partition coefficient (Wildman–Crippen LogP) is 3.67. The SMILES string of the molecule is Cc1ccc(N2C[C@H](C)N(C(=O)c3ccc(Cl)c(F)c3)CC2=O)cc1. The number of benzene rings is 2. The third-order valence-electron chi connectivity index (χ3n) is 4.36. The van der Waals surface area contributed by atoms with Gasteiger partial charge in [-0.2, -0.15) is 0 Å². The first-order chi connectivity index (χ1) is 11.9. The summed E-state index contributed by atoms with van der Waals surface area (Å²) in [4.78, 5) is 28.3. The monoisotopic (exact) mass is 360 g/mol. The fraction of sp³-hybridized carbons (Fsp3) is 0.263. The van der Waals surface area contributed by atoms with Gasteiger partial charge < -0.3 is 9.80 Å². The van der Waals surface area contributed by atoms with Gasteiger partial charge in [-0.15, -0.1) is 0 Å². The van der Waals surface area contributed by atoms with Crippen LogP contribution in [0.1, 0.15) is 22.8 Å². The maximum absolute atomic E-state index is 13.6. The summed E-state index contributed by atoms with van der Waals surface area (Å²) in [6, 6.07) is 11.4. The van der Waals surface area contributed by atoms with Crippen molar-refractivity contribution in [3.63, 3.8) is 0 Å². The van der Waals surface area contributed by atoms with E-state index >= 15 is 0 Å². The van der Waals surface area contributed by atoms with Crippen LogP contribution in [0.4, 0.5) is 10.1 Å². The highest BCUT2D eigenvalue weighted by Gasteiger charge is 2.33. The standard InChI is InChI=1S/C19H18ClFN2O2/c1-12-3-6-15(7-4-12)23-10-13(2)22(11-18(23)24)19(25)14-5-8-16(20)17(21)9-14/h3-9,13H,10-11H2,1-2H3/t13-/m0/s1. The maximum atomic E-state index is 13.6. The third-order valence-corrected chi connectivity index (χ3v) is 4.67. The van der Waals surface area contributed by atoms with E-state index in [9.17, 15) is 14.0 Å². The number of rotatable bonds is 2. The molecule has 1 saturated heterocycles. The van der Waals surface area contributed by atoms with Gasteiger partial charge in [0.05, 0.1) is 5.02 Å². The minimum Gasteiger partial charge on any atom is -0.325 e. The maximum Gasteiger partial charge on any atom is 0.254 e. The molecule has 0 saturated carbocycles. The molecule has 2 amide bonds. The van der Waals surface area contributed by atoms with Crippen LogP contribution in [0.3, 0.4) is 0 Å². The van der Waals surface area contributed by atoms with E-state index in [4.69, 9.17) is 11.6 Å². The number of hydrogen-bond donors (Lipinski definition) is 0. The van der Waals surface area contributed by atoms with Crippen LogP contribution in [-0.4, -0.2) is 35.8 Å². The summed E-state index contributed by atoms with van der Waals surface area (Å²) >= 11 is 5.66. The van der Waals surface area contributed by atoms with Crippen LogP contribution in [0, 0.1) is 12.7 Å². The summed E-state index contributed by atoms with van der Waals surface area (Å²) < 4.78 is 13.6. The zero-order valence-electron chi connectivity index (χ0n) is 14.0. The van der Waals surface area contributed by atoms with E-state index in [0.717, 1.165) is 17.3 Å². The lowest BCUT2D eigenvalue weighted by Gasteiger charge is -2.39. The van der Waals surface area contributed by atoms with Crippen LogP contribution in [0.2, 0.25) is 5.02 Å². The second-order valence-corrected chi connectivity index (χ2v) is 6.66. The Morgan fingerprint density at radius 2 is 1.88 bits per heavy atom. The molecule has 1 aliphatic rings. The summed E-state index contributed by atoms with van der Waals surface area (Å²) in [6.45, 7) is 4.20. The first-order valence-electron chi connectivity index (χ1n) is 8.00. The Morgan fingerprint density at radius 1 is 1.20 bits per heavy atom. The van der Waals surface area contributed by atoms with Crippen molar-refractivity contribution in [2.45, 2.75) is 19.9 Å². The van der Waals surface area contributed by atoms with Gasteiger partial charge in [0.1, 0.15) is 12.4 Å². The lowest BCUT2D eigenvalue weighted by molar-refractivity contribution is -0.121. The summed E-state index contributed by atoms with van der Waals surface area (Å²) in [5.74, 6) is -1.19. The fourth-order valence-electron chi connectivity index (χ4n) is 2.89. The van der Waals surface area contributed by atoms with Gasteiger partial charge in [-0.3, -0.25) is 9.59 Å². The number of nitrogens with zero attached hydrogens (tertiary/aromatic N) is 2. The van der Waals surface area contributed by atoms with Crippen LogP contribution in [-0.2, 0) is 4.79 Å². The van der Waals surface area contributed by atoms with E-state index in [0.29, 0.717) is 6.54 Å². The highest BCUT2D eigenvalue weighted by molar-refractivity contribution is 6.30. The molecule has 25 heavy (non-hydrogen) atoms. The Balaban J connectivity index is 1.79. The molecule has 1 atom stereocenters. The summed E-state index contributed by atoms with van der Waals surface area (Å²) in [5.41, 5.74) is 2.11. The van der Waals surface area contributed by atoms with Gasteiger partial charge in [0.25, 0.3) is 5.91 Å². The molecule has 1 aliphatic heterocycles. The molecule has 4 nitrogen and oxygen atoms in total. The molecular formula is C19H18ClFN2O2.